The summed E-state index contributed by atoms with van der Waals surface area (Å²) in [5.41, 5.74) is 3.65. The molecule has 0 saturated heterocycles. The van der Waals surface area contributed by atoms with Crippen molar-refractivity contribution in [2.45, 2.75) is 58.0 Å². The Kier molecular flexibility index (Phi) is 7.70. The van der Waals surface area contributed by atoms with Gasteiger partial charge in [-0.1, -0.05) is 56.3 Å². The zero-order chi connectivity index (χ0) is 20.6. The minimum Gasteiger partial charge on any atom is -0.496 e. The van der Waals surface area contributed by atoms with E-state index in [0.717, 1.165) is 50.0 Å². The van der Waals surface area contributed by atoms with E-state index in [4.69, 9.17) is 9.47 Å². The van der Waals surface area contributed by atoms with Crippen LogP contribution in [0, 0.1) is 0 Å². The van der Waals surface area contributed by atoms with E-state index in [1.54, 1.807) is 7.11 Å². The van der Waals surface area contributed by atoms with Gasteiger partial charge in [-0.3, -0.25) is 4.90 Å². The van der Waals surface area contributed by atoms with Crippen molar-refractivity contribution in [2.24, 2.45) is 0 Å². The molecule has 0 heterocycles. The van der Waals surface area contributed by atoms with E-state index in [9.17, 15) is 4.79 Å². The van der Waals surface area contributed by atoms with Crippen LogP contribution in [0.25, 0.3) is 0 Å². The Hall–Kier alpha value is -2.33. The van der Waals surface area contributed by atoms with Crippen molar-refractivity contribution in [3.05, 3.63) is 65.2 Å². The van der Waals surface area contributed by atoms with Gasteiger partial charge in [-0.15, -0.1) is 0 Å². The highest BCUT2D eigenvalue weighted by molar-refractivity contribution is 5.77. The molecule has 1 unspecified atom stereocenters. The number of hydrogen-bond acceptors (Lipinski definition) is 4. The second-order valence-electron chi connectivity index (χ2n) is 7.71. The molecule has 0 aromatic heterocycles. The molecule has 0 fully saturated rings. The topological polar surface area (TPSA) is 38.8 Å². The highest BCUT2D eigenvalue weighted by atomic mass is 16.5. The summed E-state index contributed by atoms with van der Waals surface area (Å²) < 4.78 is 11.2. The molecule has 0 N–H and O–H groups in total. The van der Waals surface area contributed by atoms with Crippen molar-refractivity contribution >= 4 is 5.97 Å². The van der Waals surface area contributed by atoms with Crippen molar-refractivity contribution < 1.29 is 14.3 Å². The summed E-state index contributed by atoms with van der Waals surface area (Å²) in [7, 11) is 1.74. The Bertz CT molecular complexity index is 790. The average Bonchev–Trinajstić information content (AvgIpc) is 2.77. The van der Waals surface area contributed by atoms with Crippen LogP contribution in [0.5, 0.6) is 5.75 Å². The first kappa shape index (κ1) is 21.4. The Balaban J connectivity index is 1.91. The fourth-order valence-electron chi connectivity index (χ4n) is 4.39. The quantitative estimate of drug-likeness (QED) is 0.563. The first-order chi connectivity index (χ1) is 14.2. The SMILES string of the molecule is CCCOC(=O)C(c1ccccc1)N(CCC)[C@H]1CCc2c(cccc2OC)C1. The molecule has 2 aromatic rings. The molecule has 0 bridgehead atoms. The fraction of sp³-hybridized carbons (Fsp3) is 0.480. The maximum Gasteiger partial charge on any atom is 0.328 e. The minimum atomic E-state index is -0.361. The lowest BCUT2D eigenvalue weighted by Crippen LogP contribution is -2.45. The number of ether oxygens (including phenoxy) is 2. The van der Waals surface area contributed by atoms with E-state index in [1.165, 1.54) is 11.1 Å². The van der Waals surface area contributed by atoms with Gasteiger partial charge in [-0.25, -0.2) is 4.79 Å². The van der Waals surface area contributed by atoms with E-state index in [-0.39, 0.29) is 12.0 Å². The van der Waals surface area contributed by atoms with Gasteiger partial charge in [-0.05, 0) is 61.4 Å². The van der Waals surface area contributed by atoms with Crippen LogP contribution in [0.4, 0.5) is 0 Å². The van der Waals surface area contributed by atoms with Crippen molar-refractivity contribution in [1.29, 1.82) is 0 Å². The van der Waals surface area contributed by atoms with Gasteiger partial charge >= 0.3 is 5.97 Å². The Morgan fingerprint density at radius 3 is 2.59 bits per heavy atom. The smallest absolute Gasteiger partial charge is 0.328 e. The molecular weight excluding hydrogens is 362 g/mol. The fourth-order valence-corrected chi connectivity index (χ4v) is 4.39. The van der Waals surface area contributed by atoms with Gasteiger partial charge in [0.2, 0.25) is 0 Å². The number of rotatable bonds is 9. The molecule has 4 heteroatoms. The molecule has 3 rings (SSSR count). The predicted molar refractivity (Wildman–Crippen MR) is 116 cm³/mol. The van der Waals surface area contributed by atoms with Crippen LogP contribution in [-0.2, 0) is 22.4 Å². The summed E-state index contributed by atoms with van der Waals surface area (Å²) in [6, 6.07) is 16.3. The Labute approximate surface area is 174 Å². The maximum absolute atomic E-state index is 13.1. The lowest BCUT2D eigenvalue weighted by molar-refractivity contribution is -0.151. The van der Waals surface area contributed by atoms with Gasteiger partial charge in [0.25, 0.3) is 0 Å². The van der Waals surface area contributed by atoms with Crippen molar-refractivity contribution in [2.75, 3.05) is 20.3 Å². The van der Waals surface area contributed by atoms with Gasteiger partial charge in [0.1, 0.15) is 11.8 Å². The summed E-state index contributed by atoms with van der Waals surface area (Å²) in [5.74, 6) is 0.841. The van der Waals surface area contributed by atoms with Crippen LogP contribution >= 0.6 is 0 Å². The van der Waals surface area contributed by atoms with Crippen LogP contribution in [-0.4, -0.2) is 37.2 Å². The highest BCUT2D eigenvalue weighted by Gasteiger charge is 2.35. The molecular formula is C25H33NO3. The zero-order valence-corrected chi connectivity index (χ0v) is 17.9. The van der Waals surface area contributed by atoms with E-state index >= 15 is 0 Å². The van der Waals surface area contributed by atoms with Crippen molar-refractivity contribution in [3.8, 4) is 5.75 Å². The average molecular weight is 396 g/mol. The van der Waals surface area contributed by atoms with Crippen LogP contribution in [0.2, 0.25) is 0 Å². The van der Waals surface area contributed by atoms with Crippen LogP contribution in [0.3, 0.4) is 0 Å². The second-order valence-corrected chi connectivity index (χ2v) is 7.71. The molecule has 29 heavy (non-hydrogen) atoms. The molecule has 2 aromatic carbocycles. The van der Waals surface area contributed by atoms with Gasteiger partial charge in [0, 0.05) is 6.04 Å². The summed E-state index contributed by atoms with van der Waals surface area (Å²) in [6.45, 7) is 5.53. The first-order valence-electron chi connectivity index (χ1n) is 10.8. The maximum atomic E-state index is 13.1. The molecule has 4 nitrogen and oxygen atoms in total. The lowest BCUT2D eigenvalue weighted by atomic mass is 9.85. The molecule has 2 atom stereocenters. The van der Waals surface area contributed by atoms with Crippen molar-refractivity contribution in [3.63, 3.8) is 0 Å². The first-order valence-corrected chi connectivity index (χ1v) is 10.8. The predicted octanol–water partition coefficient (Wildman–Crippen LogP) is 4.96. The van der Waals surface area contributed by atoms with E-state index in [2.05, 4.69) is 24.0 Å². The zero-order valence-electron chi connectivity index (χ0n) is 17.9. The summed E-state index contributed by atoms with van der Waals surface area (Å²) >= 11 is 0. The number of carbonyl (C=O) groups is 1. The molecule has 156 valence electrons. The number of fused-ring (bicyclic) bond motifs is 1. The van der Waals surface area contributed by atoms with E-state index in [1.807, 2.05) is 43.3 Å². The van der Waals surface area contributed by atoms with Gasteiger partial charge in [0.05, 0.1) is 13.7 Å². The van der Waals surface area contributed by atoms with E-state index < -0.39 is 0 Å². The largest absolute Gasteiger partial charge is 0.496 e. The number of methoxy groups -OCH3 is 1. The Morgan fingerprint density at radius 1 is 1.10 bits per heavy atom. The summed E-state index contributed by atoms with van der Waals surface area (Å²) in [6.07, 6.45) is 4.73. The molecule has 1 aliphatic rings. The molecule has 0 radical (unpaired) electrons. The number of esters is 1. The standard InChI is InChI=1S/C25H33NO3/c1-4-16-26(21-14-15-22-20(18-21)12-9-13-23(22)28-3)24(25(27)29-17-5-2)19-10-7-6-8-11-19/h6-13,21,24H,4-5,14-18H2,1-3H3/t21-,24?/m0/s1. The molecule has 1 aliphatic carbocycles. The number of benzene rings is 2. The third-order valence-electron chi connectivity index (χ3n) is 5.70. The number of nitrogens with zero attached hydrogens (tertiary/aromatic N) is 1. The Morgan fingerprint density at radius 2 is 1.90 bits per heavy atom. The number of hydrogen-bond donors (Lipinski definition) is 0. The van der Waals surface area contributed by atoms with Gasteiger partial charge < -0.3 is 9.47 Å². The minimum absolute atomic E-state index is 0.136. The lowest BCUT2D eigenvalue weighted by Gasteiger charge is -2.39. The molecule has 0 amide bonds. The molecule has 0 saturated carbocycles. The third kappa shape index (κ3) is 4.99. The summed E-state index contributed by atoms with van der Waals surface area (Å²) in [4.78, 5) is 15.5. The number of carbonyl (C=O) groups excluding carboxylic acids is 1. The second kappa shape index (κ2) is 10.4. The van der Waals surface area contributed by atoms with Crippen LogP contribution in [0.15, 0.2) is 48.5 Å². The third-order valence-corrected chi connectivity index (χ3v) is 5.70. The highest BCUT2D eigenvalue weighted by Crippen LogP contribution is 2.35. The van der Waals surface area contributed by atoms with Crippen molar-refractivity contribution in [1.82, 2.24) is 4.90 Å². The summed E-state index contributed by atoms with van der Waals surface area (Å²) in [5, 5.41) is 0. The van der Waals surface area contributed by atoms with Crippen LogP contribution in [0.1, 0.15) is 55.8 Å². The molecule has 0 aliphatic heterocycles. The molecule has 0 spiro atoms. The van der Waals surface area contributed by atoms with Gasteiger partial charge in [0.15, 0.2) is 0 Å². The van der Waals surface area contributed by atoms with E-state index in [0.29, 0.717) is 12.6 Å². The van der Waals surface area contributed by atoms with Crippen LogP contribution < -0.4 is 4.74 Å². The monoisotopic (exact) mass is 395 g/mol. The normalized spacial score (nSPS) is 16.9. The van der Waals surface area contributed by atoms with Gasteiger partial charge in [-0.2, -0.15) is 0 Å².